The molecule has 10 heteroatoms. The van der Waals surface area contributed by atoms with Crippen LogP contribution in [0.1, 0.15) is 16.1 Å². The molecule has 0 aliphatic heterocycles. The Morgan fingerprint density at radius 1 is 1.23 bits per heavy atom. The maximum absolute atomic E-state index is 13.2. The number of nitrogens with two attached hydrogens (primary N) is 1. The van der Waals surface area contributed by atoms with Gasteiger partial charge in [-0.1, -0.05) is 11.6 Å². The van der Waals surface area contributed by atoms with Crippen LogP contribution in [0.4, 0.5) is 15.9 Å². The van der Waals surface area contributed by atoms with Gasteiger partial charge in [0.1, 0.15) is 22.9 Å². The molecule has 1 heterocycles. The molecule has 156 valence electrons. The lowest BCUT2D eigenvalue weighted by Gasteiger charge is -2.11. The lowest BCUT2D eigenvalue weighted by molar-refractivity contribution is -0.119. The number of aryl methyl sites for hydroxylation is 1. The lowest BCUT2D eigenvalue weighted by Crippen LogP contribution is -2.22. The Bertz CT molecular complexity index is 1100. The SMILES string of the molecule is COc1cc(N)c(Cl)cc1C(=O)OCC(=O)Nc1cc(C)nn1-c1ccc(F)cc1. The van der Waals surface area contributed by atoms with Crippen LogP contribution in [-0.2, 0) is 9.53 Å². The van der Waals surface area contributed by atoms with Crippen LogP contribution in [0.3, 0.4) is 0 Å². The number of aromatic nitrogens is 2. The van der Waals surface area contributed by atoms with Gasteiger partial charge < -0.3 is 20.5 Å². The standard InChI is InChI=1S/C20H18ClFN4O4/c1-11-7-18(26(25-11)13-5-3-12(22)4-6-13)24-19(27)10-30-20(28)14-8-15(21)16(23)9-17(14)29-2/h3-9H,10,23H2,1-2H3,(H,24,27). The van der Waals surface area contributed by atoms with Crippen LogP contribution in [0.25, 0.3) is 5.69 Å². The van der Waals surface area contributed by atoms with Crippen LogP contribution in [0, 0.1) is 12.7 Å². The largest absolute Gasteiger partial charge is 0.496 e. The highest BCUT2D eigenvalue weighted by Gasteiger charge is 2.18. The first-order valence-electron chi connectivity index (χ1n) is 8.71. The van der Waals surface area contributed by atoms with Crippen molar-refractivity contribution in [3.63, 3.8) is 0 Å². The molecular weight excluding hydrogens is 415 g/mol. The minimum atomic E-state index is -0.799. The van der Waals surface area contributed by atoms with E-state index < -0.39 is 24.3 Å². The minimum Gasteiger partial charge on any atom is -0.496 e. The summed E-state index contributed by atoms with van der Waals surface area (Å²) >= 11 is 5.94. The molecule has 0 fully saturated rings. The predicted octanol–water partition coefficient (Wildman–Crippen LogP) is 3.36. The highest BCUT2D eigenvalue weighted by Crippen LogP contribution is 2.29. The average Bonchev–Trinajstić information content (AvgIpc) is 3.08. The molecule has 8 nitrogen and oxygen atoms in total. The number of nitrogen functional groups attached to an aromatic ring is 1. The molecule has 0 saturated carbocycles. The molecule has 0 unspecified atom stereocenters. The van der Waals surface area contributed by atoms with E-state index in [1.807, 2.05) is 0 Å². The number of nitrogens with zero attached hydrogens (tertiary/aromatic N) is 2. The first kappa shape index (κ1) is 21.1. The number of amides is 1. The second-order valence-corrected chi connectivity index (χ2v) is 6.66. The van der Waals surface area contributed by atoms with Gasteiger partial charge in [0.05, 0.1) is 29.2 Å². The molecule has 3 aromatic rings. The molecule has 2 aromatic carbocycles. The smallest absolute Gasteiger partial charge is 0.342 e. The summed E-state index contributed by atoms with van der Waals surface area (Å²) in [7, 11) is 1.37. The number of rotatable bonds is 6. The third-order valence-electron chi connectivity index (χ3n) is 4.04. The number of carbonyl (C=O) groups is 2. The van der Waals surface area contributed by atoms with Crippen molar-refractivity contribution in [2.75, 3.05) is 24.8 Å². The molecule has 0 spiro atoms. The molecule has 0 atom stereocenters. The molecule has 3 rings (SSSR count). The predicted molar refractivity (Wildman–Crippen MR) is 110 cm³/mol. The number of methoxy groups -OCH3 is 1. The van der Waals surface area contributed by atoms with Crippen molar-refractivity contribution in [1.29, 1.82) is 0 Å². The Balaban J connectivity index is 1.69. The fraction of sp³-hybridized carbons (Fsp3) is 0.150. The van der Waals surface area contributed by atoms with Gasteiger partial charge in [0.2, 0.25) is 0 Å². The fourth-order valence-electron chi connectivity index (χ4n) is 2.65. The number of ether oxygens (including phenoxy) is 2. The molecule has 0 radical (unpaired) electrons. The average molecular weight is 433 g/mol. The van der Waals surface area contributed by atoms with Crippen LogP contribution < -0.4 is 15.8 Å². The van der Waals surface area contributed by atoms with E-state index in [1.54, 1.807) is 13.0 Å². The first-order chi connectivity index (χ1) is 14.3. The van der Waals surface area contributed by atoms with E-state index in [-0.39, 0.29) is 22.0 Å². The number of hydrogen-bond donors (Lipinski definition) is 2. The molecule has 1 aromatic heterocycles. The second kappa shape index (κ2) is 8.83. The summed E-state index contributed by atoms with van der Waals surface area (Å²) in [5, 5.41) is 7.05. The van der Waals surface area contributed by atoms with Crippen molar-refractivity contribution in [3.05, 3.63) is 64.6 Å². The fourth-order valence-corrected chi connectivity index (χ4v) is 2.82. The van der Waals surface area contributed by atoms with E-state index in [0.717, 1.165) is 0 Å². The van der Waals surface area contributed by atoms with Gasteiger partial charge in [0.15, 0.2) is 6.61 Å². The summed E-state index contributed by atoms with van der Waals surface area (Å²) in [6.45, 7) is 1.18. The van der Waals surface area contributed by atoms with Gasteiger partial charge in [-0.15, -0.1) is 0 Å². The van der Waals surface area contributed by atoms with Gasteiger partial charge in [-0.2, -0.15) is 5.10 Å². The minimum absolute atomic E-state index is 0.0386. The monoisotopic (exact) mass is 432 g/mol. The quantitative estimate of drug-likeness (QED) is 0.456. The second-order valence-electron chi connectivity index (χ2n) is 6.26. The zero-order valence-corrected chi connectivity index (χ0v) is 16.9. The first-order valence-corrected chi connectivity index (χ1v) is 9.09. The van der Waals surface area contributed by atoms with Crippen LogP contribution in [0.15, 0.2) is 42.5 Å². The third kappa shape index (κ3) is 4.69. The van der Waals surface area contributed by atoms with Gasteiger partial charge in [-0.05, 0) is 37.3 Å². The normalized spacial score (nSPS) is 10.5. The zero-order valence-electron chi connectivity index (χ0n) is 16.1. The molecule has 1 amide bonds. The van der Waals surface area contributed by atoms with Crippen LogP contribution >= 0.6 is 11.6 Å². The van der Waals surface area contributed by atoms with Crippen molar-refractivity contribution in [3.8, 4) is 11.4 Å². The van der Waals surface area contributed by atoms with Gasteiger partial charge in [-0.25, -0.2) is 13.9 Å². The highest BCUT2D eigenvalue weighted by molar-refractivity contribution is 6.33. The number of anilines is 2. The number of carbonyl (C=O) groups excluding carboxylic acids is 2. The summed E-state index contributed by atoms with van der Waals surface area (Å²) in [5.41, 5.74) is 7.16. The van der Waals surface area contributed by atoms with Crippen LogP contribution in [0.2, 0.25) is 5.02 Å². The number of hydrogen-bond acceptors (Lipinski definition) is 6. The Hall–Kier alpha value is -3.59. The molecule has 0 bridgehead atoms. The molecule has 30 heavy (non-hydrogen) atoms. The number of nitrogens with one attached hydrogen (secondary N) is 1. The Morgan fingerprint density at radius 3 is 2.60 bits per heavy atom. The summed E-state index contributed by atoms with van der Waals surface area (Å²) in [6.07, 6.45) is 0. The maximum Gasteiger partial charge on any atom is 0.342 e. The maximum atomic E-state index is 13.2. The topological polar surface area (TPSA) is 108 Å². The molecule has 3 N–H and O–H groups in total. The lowest BCUT2D eigenvalue weighted by atomic mass is 10.2. The van der Waals surface area contributed by atoms with E-state index in [0.29, 0.717) is 17.2 Å². The Morgan fingerprint density at radius 2 is 1.93 bits per heavy atom. The molecule has 0 aliphatic carbocycles. The van der Waals surface area contributed by atoms with Gasteiger partial charge >= 0.3 is 5.97 Å². The van der Waals surface area contributed by atoms with E-state index in [2.05, 4.69) is 10.4 Å². The van der Waals surface area contributed by atoms with Crippen LogP contribution in [0.5, 0.6) is 5.75 Å². The van der Waals surface area contributed by atoms with E-state index in [4.69, 9.17) is 26.8 Å². The van der Waals surface area contributed by atoms with Gasteiger partial charge in [0.25, 0.3) is 5.91 Å². The molecule has 0 aliphatic rings. The highest BCUT2D eigenvalue weighted by atomic mass is 35.5. The number of esters is 1. The van der Waals surface area contributed by atoms with E-state index in [1.165, 1.54) is 48.2 Å². The third-order valence-corrected chi connectivity index (χ3v) is 4.37. The molecule has 0 saturated heterocycles. The van der Waals surface area contributed by atoms with Gasteiger partial charge in [-0.3, -0.25) is 4.79 Å². The zero-order chi connectivity index (χ0) is 21.8. The summed E-state index contributed by atoms with van der Waals surface area (Å²) in [6, 6.07) is 9.94. The Kier molecular flexibility index (Phi) is 6.22. The number of halogens is 2. The van der Waals surface area contributed by atoms with Crippen molar-refractivity contribution >= 4 is 35.0 Å². The van der Waals surface area contributed by atoms with E-state index >= 15 is 0 Å². The van der Waals surface area contributed by atoms with Gasteiger partial charge in [0, 0.05) is 12.1 Å². The number of benzene rings is 2. The van der Waals surface area contributed by atoms with Crippen molar-refractivity contribution in [2.24, 2.45) is 0 Å². The van der Waals surface area contributed by atoms with Crippen molar-refractivity contribution < 1.29 is 23.5 Å². The van der Waals surface area contributed by atoms with Crippen molar-refractivity contribution in [1.82, 2.24) is 9.78 Å². The summed E-state index contributed by atoms with van der Waals surface area (Å²) in [5.74, 6) is -1.27. The van der Waals surface area contributed by atoms with Crippen molar-refractivity contribution in [2.45, 2.75) is 6.92 Å². The van der Waals surface area contributed by atoms with E-state index in [9.17, 15) is 14.0 Å². The van der Waals surface area contributed by atoms with Crippen LogP contribution in [-0.4, -0.2) is 35.4 Å². The summed E-state index contributed by atoms with van der Waals surface area (Å²) in [4.78, 5) is 24.6. The molecular formula is C20H18ClFN4O4. The Labute approximate surface area is 176 Å². The summed E-state index contributed by atoms with van der Waals surface area (Å²) < 4.78 is 24.8.